The number of halogens is 1. The quantitative estimate of drug-likeness (QED) is 0.941. The van der Waals surface area contributed by atoms with Gasteiger partial charge in [-0.3, -0.25) is 4.68 Å². The predicted octanol–water partition coefficient (Wildman–Crippen LogP) is 2.27. The Morgan fingerprint density at radius 1 is 1.59 bits per heavy atom. The lowest BCUT2D eigenvalue weighted by molar-refractivity contribution is 0.752. The van der Waals surface area contributed by atoms with Gasteiger partial charge in [0.2, 0.25) is 0 Å². The third-order valence-electron chi connectivity index (χ3n) is 2.57. The third-order valence-corrected chi connectivity index (χ3v) is 2.85. The molecule has 1 N–H and O–H groups in total. The topological polar surface area (TPSA) is 42.7 Å². The van der Waals surface area contributed by atoms with Crippen molar-refractivity contribution in [2.75, 3.05) is 6.54 Å². The van der Waals surface area contributed by atoms with Gasteiger partial charge in [-0.2, -0.15) is 5.10 Å². The zero-order valence-electron chi connectivity index (χ0n) is 10.00. The van der Waals surface area contributed by atoms with Crippen LogP contribution in [0.25, 0.3) is 11.0 Å². The molecule has 0 aromatic carbocycles. The summed E-state index contributed by atoms with van der Waals surface area (Å²) in [5, 5.41) is 8.75. The van der Waals surface area contributed by atoms with Crippen LogP contribution in [0.4, 0.5) is 0 Å². The highest BCUT2D eigenvalue weighted by Gasteiger charge is 2.06. The maximum absolute atomic E-state index is 4.43. The Morgan fingerprint density at radius 2 is 2.35 bits per heavy atom. The standard InChI is InChI=1S/C12H15BrN4/c1-8(13)5-14-6-10-4-11-9(2)16-17(3)12(11)15-7-10/h4,7,14H,1,5-6H2,2-3H3. The molecule has 0 bridgehead atoms. The van der Waals surface area contributed by atoms with E-state index in [0.717, 1.165) is 39.9 Å². The van der Waals surface area contributed by atoms with Gasteiger partial charge >= 0.3 is 0 Å². The SMILES string of the molecule is C=C(Br)CNCc1cnc2c(c1)c(C)nn2C. The number of rotatable bonds is 4. The Labute approximate surface area is 109 Å². The Kier molecular flexibility index (Phi) is 3.59. The normalized spacial score (nSPS) is 11.0. The van der Waals surface area contributed by atoms with Crippen LogP contribution in [0.15, 0.2) is 23.3 Å². The Balaban J connectivity index is 2.19. The molecule has 5 heteroatoms. The molecule has 0 aliphatic carbocycles. The molecular formula is C12H15BrN4. The molecule has 4 nitrogen and oxygen atoms in total. The van der Waals surface area contributed by atoms with Crippen LogP contribution >= 0.6 is 15.9 Å². The number of nitrogens with one attached hydrogen (secondary N) is 1. The van der Waals surface area contributed by atoms with E-state index in [0.29, 0.717) is 0 Å². The summed E-state index contributed by atoms with van der Waals surface area (Å²) in [6.07, 6.45) is 1.88. The minimum absolute atomic E-state index is 0.754. The van der Waals surface area contributed by atoms with E-state index in [-0.39, 0.29) is 0 Å². The zero-order chi connectivity index (χ0) is 12.4. The van der Waals surface area contributed by atoms with Gasteiger partial charge < -0.3 is 5.32 Å². The van der Waals surface area contributed by atoms with Crippen LogP contribution in [0.2, 0.25) is 0 Å². The molecule has 0 unspecified atom stereocenters. The van der Waals surface area contributed by atoms with Crippen molar-refractivity contribution in [1.82, 2.24) is 20.1 Å². The molecule has 0 fully saturated rings. The van der Waals surface area contributed by atoms with Crippen LogP contribution in [-0.2, 0) is 13.6 Å². The highest BCUT2D eigenvalue weighted by Crippen LogP contribution is 2.16. The molecule has 0 amide bonds. The van der Waals surface area contributed by atoms with Gasteiger partial charge in [0.25, 0.3) is 0 Å². The molecule has 0 saturated carbocycles. The number of pyridine rings is 1. The number of nitrogens with zero attached hydrogens (tertiary/aromatic N) is 3. The summed E-state index contributed by atoms with van der Waals surface area (Å²) in [5.41, 5.74) is 3.10. The van der Waals surface area contributed by atoms with E-state index in [4.69, 9.17) is 0 Å². The van der Waals surface area contributed by atoms with Crippen molar-refractivity contribution in [3.63, 3.8) is 0 Å². The second kappa shape index (κ2) is 4.98. The fraction of sp³-hybridized carbons (Fsp3) is 0.333. The lowest BCUT2D eigenvalue weighted by Crippen LogP contribution is -2.14. The molecule has 90 valence electrons. The summed E-state index contributed by atoms with van der Waals surface area (Å²) >= 11 is 3.32. The lowest BCUT2D eigenvalue weighted by Gasteiger charge is -2.03. The first-order chi connectivity index (χ1) is 8.08. The van der Waals surface area contributed by atoms with E-state index in [2.05, 4.69) is 44.0 Å². The average molecular weight is 295 g/mol. The lowest BCUT2D eigenvalue weighted by atomic mass is 10.2. The number of hydrogen-bond donors (Lipinski definition) is 1. The Morgan fingerprint density at radius 3 is 3.06 bits per heavy atom. The van der Waals surface area contributed by atoms with Crippen molar-refractivity contribution in [3.8, 4) is 0 Å². The van der Waals surface area contributed by atoms with Crippen molar-refractivity contribution in [2.45, 2.75) is 13.5 Å². The van der Waals surface area contributed by atoms with Gasteiger partial charge in [0.1, 0.15) is 0 Å². The molecule has 2 heterocycles. The van der Waals surface area contributed by atoms with Crippen molar-refractivity contribution >= 4 is 27.0 Å². The molecule has 0 aliphatic rings. The second-order valence-electron chi connectivity index (χ2n) is 4.04. The van der Waals surface area contributed by atoms with Gasteiger partial charge in [0.05, 0.1) is 5.69 Å². The van der Waals surface area contributed by atoms with Crippen molar-refractivity contribution in [3.05, 3.63) is 34.6 Å². The maximum Gasteiger partial charge on any atom is 0.157 e. The maximum atomic E-state index is 4.43. The van der Waals surface area contributed by atoms with Gasteiger partial charge in [-0.1, -0.05) is 22.5 Å². The molecule has 0 aliphatic heterocycles. The first-order valence-electron chi connectivity index (χ1n) is 5.40. The van der Waals surface area contributed by atoms with E-state index in [9.17, 15) is 0 Å². The summed E-state index contributed by atoms with van der Waals surface area (Å²) in [6.45, 7) is 7.31. The molecule has 2 rings (SSSR count). The zero-order valence-corrected chi connectivity index (χ0v) is 11.6. The van der Waals surface area contributed by atoms with Crippen LogP contribution in [0, 0.1) is 6.92 Å². The first-order valence-corrected chi connectivity index (χ1v) is 6.19. The molecule has 2 aromatic heterocycles. The third kappa shape index (κ3) is 2.73. The van der Waals surface area contributed by atoms with E-state index >= 15 is 0 Å². The fourth-order valence-electron chi connectivity index (χ4n) is 1.79. The molecule has 0 saturated heterocycles. The highest BCUT2D eigenvalue weighted by atomic mass is 79.9. The van der Waals surface area contributed by atoms with Gasteiger partial charge in [0.15, 0.2) is 5.65 Å². The van der Waals surface area contributed by atoms with Crippen LogP contribution in [0.1, 0.15) is 11.3 Å². The number of hydrogen-bond acceptors (Lipinski definition) is 3. The summed E-state index contributed by atoms with van der Waals surface area (Å²) in [6, 6.07) is 2.13. The van der Waals surface area contributed by atoms with Crippen LogP contribution < -0.4 is 5.32 Å². The van der Waals surface area contributed by atoms with Gasteiger partial charge in [0, 0.05) is 36.2 Å². The van der Waals surface area contributed by atoms with Gasteiger partial charge in [-0.15, -0.1) is 0 Å². The van der Waals surface area contributed by atoms with Crippen LogP contribution in [0.3, 0.4) is 0 Å². The Bertz CT molecular complexity index is 559. The summed E-state index contributed by atoms with van der Waals surface area (Å²) in [7, 11) is 1.91. The van der Waals surface area contributed by atoms with Crippen molar-refractivity contribution in [2.24, 2.45) is 7.05 Å². The van der Waals surface area contributed by atoms with E-state index in [1.807, 2.05) is 24.9 Å². The summed E-state index contributed by atoms with van der Waals surface area (Å²) in [5.74, 6) is 0. The second-order valence-corrected chi connectivity index (χ2v) is 5.17. The Hall–Kier alpha value is -1.20. The molecule has 2 aromatic rings. The summed E-state index contributed by atoms with van der Waals surface area (Å²) < 4.78 is 2.76. The number of aryl methyl sites for hydroxylation is 2. The van der Waals surface area contributed by atoms with E-state index in [1.54, 1.807) is 0 Å². The molecular weight excluding hydrogens is 280 g/mol. The average Bonchev–Trinajstić information content (AvgIpc) is 2.54. The minimum atomic E-state index is 0.754. The monoisotopic (exact) mass is 294 g/mol. The molecule has 0 atom stereocenters. The fourth-order valence-corrected chi connectivity index (χ4v) is 1.99. The van der Waals surface area contributed by atoms with Crippen molar-refractivity contribution < 1.29 is 0 Å². The summed E-state index contributed by atoms with van der Waals surface area (Å²) in [4.78, 5) is 4.43. The highest BCUT2D eigenvalue weighted by molar-refractivity contribution is 9.11. The molecule has 17 heavy (non-hydrogen) atoms. The van der Waals surface area contributed by atoms with E-state index in [1.165, 1.54) is 0 Å². The van der Waals surface area contributed by atoms with Crippen LogP contribution in [0.5, 0.6) is 0 Å². The molecule has 0 radical (unpaired) electrons. The predicted molar refractivity (Wildman–Crippen MR) is 73.0 cm³/mol. The first kappa shape index (κ1) is 12.3. The molecule has 0 spiro atoms. The van der Waals surface area contributed by atoms with Crippen molar-refractivity contribution in [1.29, 1.82) is 0 Å². The smallest absolute Gasteiger partial charge is 0.157 e. The van der Waals surface area contributed by atoms with E-state index < -0.39 is 0 Å². The van der Waals surface area contributed by atoms with Crippen LogP contribution in [-0.4, -0.2) is 21.3 Å². The minimum Gasteiger partial charge on any atom is -0.308 e. The van der Waals surface area contributed by atoms with Gasteiger partial charge in [-0.05, 0) is 18.6 Å². The largest absolute Gasteiger partial charge is 0.308 e. The number of fused-ring (bicyclic) bond motifs is 1. The van der Waals surface area contributed by atoms with Gasteiger partial charge in [-0.25, -0.2) is 4.98 Å². The number of aromatic nitrogens is 3.